The van der Waals surface area contributed by atoms with Crippen LogP contribution >= 0.6 is 23.2 Å². The minimum absolute atomic E-state index is 0.0371. The van der Waals surface area contributed by atoms with Gasteiger partial charge in [0.25, 0.3) is 5.91 Å². The van der Waals surface area contributed by atoms with Crippen molar-refractivity contribution in [3.05, 3.63) is 123 Å². The summed E-state index contributed by atoms with van der Waals surface area (Å²) in [4.78, 5) is 38.1. The summed E-state index contributed by atoms with van der Waals surface area (Å²) in [7, 11) is 1.82. The number of piperidine rings is 1. The van der Waals surface area contributed by atoms with Gasteiger partial charge in [-0.15, -0.1) is 0 Å². The first-order valence-electron chi connectivity index (χ1n) is 16.3. The fourth-order valence-corrected chi connectivity index (χ4v) is 7.47. The van der Waals surface area contributed by atoms with E-state index in [1.807, 2.05) is 73.8 Å². The van der Waals surface area contributed by atoms with Crippen LogP contribution in [0.15, 0.2) is 95.9 Å². The SMILES string of the molecule is CN(C[C@@H](CCN1CCC(c2ccccc2[S@+](C)[O-])CC1)c1ccc(Cl)c(Cl)c1)C(=O)c1cc(C#N)cc2ccccc12.O=C(O)C=CC(=O)O. The maximum Gasteiger partial charge on any atom is 0.328 e. The molecule has 1 amide bonds. The summed E-state index contributed by atoms with van der Waals surface area (Å²) in [5.74, 6) is -2.19. The molecule has 1 saturated heterocycles. The molecule has 4 aromatic rings. The number of likely N-dealkylation sites (tertiary alicyclic amines) is 1. The van der Waals surface area contributed by atoms with Gasteiger partial charge in [0, 0.05) is 42.8 Å². The maximum absolute atomic E-state index is 13.8. The number of carboxylic acids is 2. The Kier molecular flexibility index (Phi) is 14.5. The number of nitrogens with zero attached hydrogens (tertiary/aromatic N) is 3. The second-order valence-electron chi connectivity index (χ2n) is 12.3. The van der Waals surface area contributed by atoms with Crippen LogP contribution in [0.4, 0.5) is 0 Å². The standard InChI is InChI=1S/C35H35Cl2N3O2S.C4H4O4/c1-39(35(41)31-20-24(22-38)19-27-7-3-4-8-29(27)31)23-28(26-11-12-32(36)33(37)21-26)15-18-40-16-13-25(14-17-40)30-9-5-6-10-34(30)43(2)42;5-3(6)1-2-4(7)8/h3-12,19-21,25,28H,13-18,23H2,1-2H3;1-2H,(H,5,6)(H,7,8)/t28-,43+;/m1./s1. The van der Waals surface area contributed by atoms with E-state index in [0.717, 1.165) is 60.1 Å². The monoisotopic (exact) mass is 747 g/mol. The molecule has 1 fully saturated rings. The number of hydrogen-bond acceptors (Lipinski definition) is 6. The number of likely N-dealkylation sites (N-methyl/N-ethyl adjacent to an activating group) is 1. The van der Waals surface area contributed by atoms with Crippen molar-refractivity contribution in [3.63, 3.8) is 0 Å². The Labute approximate surface area is 310 Å². The summed E-state index contributed by atoms with van der Waals surface area (Å²) in [6, 6.07) is 27.2. The molecule has 0 unspecified atom stereocenters. The van der Waals surface area contributed by atoms with Crippen molar-refractivity contribution in [2.75, 3.05) is 39.5 Å². The van der Waals surface area contributed by atoms with Crippen LogP contribution in [0.1, 0.15) is 58.1 Å². The molecule has 2 atom stereocenters. The number of amides is 1. The van der Waals surface area contributed by atoms with E-state index < -0.39 is 23.1 Å². The summed E-state index contributed by atoms with van der Waals surface area (Å²) < 4.78 is 12.3. The van der Waals surface area contributed by atoms with Crippen LogP contribution < -0.4 is 0 Å². The van der Waals surface area contributed by atoms with Crippen LogP contribution in [0.25, 0.3) is 10.8 Å². The minimum Gasteiger partial charge on any atom is -0.612 e. The fraction of sp³-hybridized carbons (Fsp3) is 0.282. The predicted molar refractivity (Wildman–Crippen MR) is 201 cm³/mol. The number of nitriles is 1. The van der Waals surface area contributed by atoms with Crippen molar-refractivity contribution in [2.45, 2.75) is 36.0 Å². The van der Waals surface area contributed by atoms with E-state index in [9.17, 15) is 24.2 Å². The average molecular weight is 749 g/mol. The van der Waals surface area contributed by atoms with Gasteiger partial charge < -0.3 is 24.6 Å². The van der Waals surface area contributed by atoms with Gasteiger partial charge in [-0.1, -0.05) is 71.7 Å². The molecule has 0 aromatic heterocycles. The smallest absolute Gasteiger partial charge is 0.328 e. The van der Waals surface area contributed by atoms with Gasteiger partial charge in [-0.25, -0.2) is 9.59 Å². The van der Waals surface area contributed by atoms with Gasteiger partial charge in [0.15, 0.2) is 4.90 Å². The Bertz CT molecular complexity index is 1920. The quantitative estimate of drug-likeness (QED) is 0.118. The van der Waals surface area contributed by atoms with Crippen LogP contribution in [0, 0.1) is 11.3 Å². The number of carboxylic acid groups (broad SMARTS) is 2. The number of halogens is 2. The number of carbonyl (C=O) groups excluding carboxylic acids is 1. The molecule has 2 N–H and O–H groups in total. The molecule has 0 radical (unpaired) electrons. The number of aliphatic carboxylic acids is 2. The predicted octanol–water partition coefficient (Wildman–Crippen LogP) is 7.59. The molecule has 1 heterocycles. The van der Waals surface area contributed by atoms with Crippen LogP contribution in [-0.4, -0.2) is 81.9 Å². The van der Waals surface area contributed by atoms with E-state index in [2.05, 4.69) is 17.0 Å². The first-order valence-corrected chi connectivity index (χ1v) is 18.6. The third-order valence-electron chi connectivity index (χ3n) is 8.90. The lowest BCUT2D eigenvalue weighted by atomic mass is 9.88. The number of hydrogen-bond donors (Lipinski definition) is 2. The number of rotatable bonds is 11. The summed E-state index contributed by atoms with van der Waals surface area (Å²) in [5.41, 5.74) is 3.25. The van der Waals surface area contributed by atoms with Crippen LogP contribution in [-0.2, 0) is 20.8 Å². The summed E-state index contributed by atoms with van der Waals surface area (Å²) in [6.45, 7) is 3.30. The maximum atomic E-state index is 13.8. The third-order valence-corrected chi connectivity index (χ3v) is 10.6. The van der Waals surface area contributed by atoms with Crippen molar-refractivity contribution in [1.82, 2.24) is 9.80 Å². The van der Waals surface area contributed by atoms with Crippen molar-refractivity contribution < 1.29 is 29.1 Å². The molecule has 5 rings (SSSR count). The highest BCUT2D eigenvalue weighted by atomic mass is 35.5. The topological polar surface area (TPSA) is 145 Å². The summed E-state index contributed by atoms with van der Waals surface area (Å²) in [6.07, 6.45) is 5.75. The second-order valence-corrected chi connectivity index (χ2v) is 14.5. The fourth-order valence-electron chi connectivity index (χ4n) is 6.33. The van der Waals surface area contributed by atoms with Gasteiger partial charge in [0.2, 0.25) is 0 Å². The largest absolute Gasteiger partial charge is 0.612 e. The summed E-state index contributed by atoms with van der Waals surface area (Å²) >= 11 is 11.7. The zero-order valence-corrected chi connectivity index (χ0v) is 30.6. The Balaban J connectivity index is 0.000000652. The first-order chi connectivity index (χ1) is 24.4. The average Bonchev–Trinajstić information content (AvgIpc) is 3.13. The lowest BCUT2D eigenvalue weighted by Crippen LogP contribution is -2.36. The highest BCUT2D eigenvalue weighted by molar-refractivity contribution is 7.90. The molecule has 0 bridgehead atoms. The normalized spacial score (nSPS) is 14.7. The first kappa shape index (κ1) is 39.4. The number of carbonyl (C=O) groups is 3. The van der Waals surface area contributed by atoms with Crippen LogP contribution in [0.3, 0.4) is 0 Å². The van der Waals surface area contributed by atoms with Gasteiger partial charge in [0.05, 0.1) is 21.7 Å². The Morgan fingerprint density at radius 3 is 2.25 bits per heavy atom. The molecule has 51 heavy (non-hydrogen) atoms. The van der Waals surface area contributed by atoms with E-state index in [1.54, 1.807) is 17.2 Å². The Hall–Kier alpha value is -4.37. The Morgan fingerprint density at radius 2 is 1.63 bits per heavy atom. The third kappa shape index (κ3) is 11.1. The lowest BCUT2D eigenvalue weighted by molar-refractivity contribution is -0.134. The minimum atomic E-state index is -1.26. The number of fused-ring (bicyclic) bond motifs is 1. The highest BCUT2D eigenvalue weighted by Crippen LogP contribution is 2.34. The van der Waals surface area contributed by atoms with Crippen molar-refractivity contribution >= 4 is 63.0 Å². The van der Waals surface area contributed by atoms with Gasteiger partial charge in [-0.3, -0.25) is 4.79 Å². The van der Waals surface area contributed by atoms with Crippen molar-refractivity contribution in [1.29, 1.82) is 5.26 Å². The molecule has 1 aliphatic heterocycles. The molecule has 0 spiro atoms. The van der Waals surface area contributed by atoms with Crippen LogP contribution in [0.5, 0.6) is 0 Å². The van der Waals surface area contributed by atoms with Crippen molar-refractivity contribution in [3.8, 4) is 6.07 Å². The molecule has 0 aliphatic carbocycles. The zero-order chi connectivity index (χ0) is 37.1. The van der Waals surface area contributed by atoms with Gasteiger partial charge in [-0.2, -0.15) is 5.26 Å². The van der Waals surface area contributed by atoms with E-state index in [1.165, 1.54) is 5.56 Å². The molecular weight excluding hydrogens is 709 g/mol. The zero-order valence-electron chi connectivity index (χ0n) is 28.3. The number of benzene rings is 4. The highest BCUT2D eigenvalue weighted by Gasteiger charge is 2.27. The molecule has 12 heteroatoms. The molecule has 266 valence electrons. The molecule has 0 saturated carbocycles. The molecule has 1 aliphatic rings. The molecular formula is C39H39Cl2N3O6S. The van der Waals surface area contributed by atoms with Gasteiger partial charge in [0.1, 0.15) is 6.26 Å². The van der Waals surface area contributed by atoms with Gasteiger partial charge in [-0.05, 0) is 103 Å². The molecule has 9 nitrogen and oxygen atoms in total. The molecule has 4 aromatic carbocycles. The van der Waals surface area contributed by atoms with E-state index in [-0.39, 0.29) is 11.8 Å². The second kappa shape index (κ2) is 18.7. The van der Waals surface area contributed by atoms with E-state index >= 15 is 0 Å². The Morgan fingerprint density at radius 1 is 0.980 bits per heavy atom. The van der Waals surface area contributed by atoms with Crippen LogP contribution in [0.2, 0.25) is 10.0 Å². The lowest BCUT2D eigenvalue weighted by Gasteiger charge is -2.34. The van der Waals surface area contributed by atoms with E-state index in [4.69, 9.17) is 33.4 Å². The van der Waals surface area contributed by atoms with Crippen molar-refractivity contribution in [2.24, 2.45) is 0 Å². The summed E-state index contributed by atoms with van der Waals surface area (Å²) in [5, 5.41) is 27.9. The van der Waals surface area contributed by atoms with E-state index in [0.29, 0.717) is 45.8 Å². The van der Waals surface area contributed by atoms with Gasteiger partial charge >= 0.3 is 11.9 Å².